The smallest absolute Gasteiger partial charge is 0.317 e. The third-order valence-corrected chi connectivity index (χ3v) is 4.35. The van der Waals surface area contributed by atoms with Crippen molar-refractivity contribution in [1.29, 1.82) is 0 Å². The van der Waals surface area contributed by atoms with Gasteiger partial charge in [-0.1, -0.05) is 39.0 Å². The molecule has 1 saturated heterocycles. The van der Waals surface area contributed by atoms with Gasteiger partial charge < -0.3 is 19.9 Å². The molecule has 1 fully saturated rings. The minimum absolute atomic E-state index is 0.0288. The summed E-state index contributed by atoms with van der Waals surface area (Å²) >= 11 is 0. The number of benzene rings is 1. The van der Waals surface area contributed by atoms with Crippen LogP contribution in [0, 0.1) is 12.3 Å². The second kappa shape index (κ2) is 8.92. The van der Waals surface area contributed by atoms with Crippen molar-refractivity contribution >= 4 is 11.9 Å². The van der Waals surface area contributed by atoms with Gasteiger partial charge in [-0.05, 0) is 30.4 Å². The van der Waals surface area contributed by atoms with Gasteiger partial charge in [-0.25, -0.2) is 4.79 Å². The van der Waals surface area contributed by atoms with Crippen molar-refractivity contribution in [1.82, 2.24) is 15.1 Å². The first-order valence-corrected chi connectivity index (χ1v) is 9.25. The molecule has 1 heterocycles. The third-order valence-electron chi connectivity index (χ3n) is 4.35. The number of rotatable bonds is 4. The average molecular weight is 361 g/mol. The Morgan fingerprint density at radius 2 is 1.73 bits per heavy atom. The van der Waals surface area contributed by atoms with Crippen molar-refractivity contribution in [3.8, 4) is 5.75 Å². The first-order valence-electron chi connectivity index (χ1n) is 9.25. The Hall–Kier alpha value is -2.24. The van der Waals surface area contributed by atoms with E-state index in [9.17, 15) is 9.59 Å². The number of hydrogen-bond donors (Lipinski definition) is 1. The lowest BCUT2D eigenvalue weighted by atomic mass is 9.97. The number of amides is 3. The number of aryl methyl sites for hydroxylation is 1. The maximum absolute atomic E-state index is 12.5. The molecule has 3 amide bonds. The molecule has 0 aliphatic carbocycles. The first-order chi connectivity index (χ1) is 12.3. The quantitative estimate of drug-likeness (QED) is 0.897. The van der Waals surface area contributed by atoms with Crippen LogP contribution in [0.3, 0.4) is 0 Å². The van der Waals surface area contributed by atoms with E-state index in [0.29, 0.717) is 32.7 Å². The molecule has 0 saturated carbocycles. The minimum Gasteiger partial charge on any atom is -0.484 e. The topological polar surface area (TPSA) is 61.9 Å². The molecule has 6 nitrogen and oxygen atoms in total. The molecule has 26 heavy (non-hydrogen) atoms. The van der Waals surface area contributed by atoms with Gasteiger partial charge in [0.05, 0.1) is 0 Å². The number of para-hydroxylation sites is 1. The van der Waals surface area contributed by atoms with Crippen molar-refractivity contribution in [3.05, 3.63) is 29.8 Å². The van der Waals surface area contributed by atoms with Crippen molar-refractivity contribution in [3.63, 3.8) is 0 Å². The predicted molar refractivity (Wildman–Crippen MR) is 102 cm³/mol. The van der Waals surface area contributed by atoms with Crippen LogP contribution in [0.2, 0.25) is 0 Å². The highest BCUT2D eigenvalue weighted by Crippen LogP contribution is 2.16. The van der Waals surface area contributed by atoms with E-state index in [0.717, 1.165) is 17.7 Å². The Morgan fingerprint density at radius 1 is 1.08 bits per heavy atom. The highest BCUT2D eigenvalue weighted by Gasteiger charge is 2.23. The van der Waals surface area contributed by atoms with Crippen LogP contribution in [-0.4, -0.2) is 61.1 Å². The molecular formula is C20H31N3O3. The summed E-state index contributed by atoms with van der Waals surface area (Å²) < 4.78 is 5.66. The molecule has 1 aliphatic heterocycles. The molecule has 0 atom stereocenters. The fraction of sp³-hybridized carbons (Fsp3) is 0.600. The molecule has 1 N–H and O–H groups in total. The van der Waals surface area contributed by atoms with Crippen LogP contribution < -0.4 is 10.1 Å². The zero-order chi connectivity index (χ0) is 19.2. The number of hydrogen-bond acceptors (Lipinski definition) is 3. The van der Waals surface area contributed by atoms with Gasteiger partial charge in [0.2, 0.25) is 0 Å². The highest BCUT2D eigenvalue weighted by atomic mass is 16.5. The van der Waals surface area contributed by atoms with Crippen LogP contribution >= 0.6 is 0 Å². The second-order valence-electron chi connectivity index (χ2n) is 7.99. The predicted octanol–water partition coefficient (Wildman–Crippen LogP) is 2.66. The Morgan fingerprint density at radius 3 is 2.42 bits per heavy atom. The fourth-order valence-corrected chi connectivity index (χ4v) is 2.77. The van der Waals surface area contributed by atoms with E-state index in [-0.39, 0.29) is 24.0 Å². The van der Waals surface area contributed by atoms with Crippen molar-refractivity contribution in [2.75, 3.05) is 39.3 Å². The Labute approximate surface area is 156 Å². The summed E-state index contributed by atoms with van der Waals surface area (Å²) in [7, 11) is 0. The lowest BCUT2D eigenvalue weighted by Gasteiger charge is -2.25. The van der Waals surface area contributed by atoms with Crippen LogP contribution in [0.5, 0.6) is 5.75 Å². The maximum Gasteiger partial charge on any atom is 0.317 e. The zero-order valence-corrected chi connectivity index (χ0v) is 16.4. The van der Waals surface area contributed by atoms with E-state index in [1.54, 1.807) is 9.80 Å². The molecule has 2 rings (SSSR count). The first kappa shape index (κ1) is 20.1. The minimum atomic E-state index is -0.0506. The summed E-state index contributed by atoms with van der Waals surface area (Å²) in [6.07, 6.45) is 0.777. The number of carbonyl (C=O) groups is 2. The normalized spacial score (nSPS) is 15.4. The van der Waals surface area contributed by atoms with Gasteiger partial charge in [-0.2, -0.15) is 0 Å². The number of nitrogens with one attached hydrogen (secondary N) is 1. The molecule has 1 aliphatic rings. The Kier molecular flexibility index (Phi) is 6.89. The van der Waals surface area contributed by atoms with Crippen LogP contribution in [-0.2, 0) is 4.79 Å². The SMILES string of the molecule is Cc1ccccc1OCC(=O)N1CCCN(C(=O)NCC(C)(C)C)CC1. The molecule has 0 aromatic heterocycles. The van der Waals surface area contributed by atoms with Crippen molar-refractivity contribution < 1.29 is 14.3 Å². The van der Waals surface area contributed by atoms with Gasteiger partial charge in [0.25, 0.3) is 5.91 Å². The van der Waals surface area contributed by atoms with Crippen LogP contribution in [0.15, 0.2) is 24.3 Å². The molecule has 0 radical (unpaired) electrons. The number of ether oxygens (including phenoxy) is 1. The molecule has 144 valence electrons. The van der Waals surface area contributed by atoms with E-state index in [2.05, 4.69) is 26.1 Å². The van der Waals surface area contributed by atoms with Gasteiger partial charge in [0.1, 0.15) is 5.75 Å². The largest absolute Gasteiger partial charge is 0.484 e. The molecule has 0 bridgehead atoms. The van der Waals surface area contributed by atoms with Crippen LogP contribution in [0.4, 0.5) is 4.79 Å². The Balaban J connectivity index is 1.81. The van der Waals surface area contributed by atoms with E-state index in [1.165, 1.54) is 0 Å². The van der Waals surface area contributed by atoms with E-state index in [1.807, 2.05) is 31.2 Å². The van der Waals surface area contributed by atoms with E-state index >= 15 is 0 Å². The number of urea groups is 1. The second-order valence-corrected chi connectivity index (χ2v) is 7.99. The van der Waals surface area contributed by atoms with Gasteiger partial charge >= 0.3 is 6.03 Å². The average Bonchev–Trinajstić information content (AvgIpc) is 2.84. The van der Waals surface area contributed by atoms with Gasteiger partial charge in [-0.3, -0.25) is 4.79 Å². The Bertz CT molecular complexity index is 625. The summed E-state index contributed by atoms with van der Waals surface area (Å²) in [5.41, 5.74) is 1.06. The van der Waals surface area contributed by atoms with Gasteiger partial charge in [0.15, 0.2) is 6.61 Å². The summed E-state index contributed by atoms with van der Waals surface area (Å²) in [4.78, 5) is 28.3. The fourth-order valence-electron chi connectivity index (χ4n) is 2.77. The molecule has 1 aromatic carbocycles. The van der Waals surface area contributed by atoms with E-state index in [4.69, 9.17) is 4.74 Å². The monoisotopic (exact) mass is 361 g/mol. The van der Waals surface area contributed by atoms with Crippen molar-refractivity contribution in [2.24, 2.45) is 5.41 Å². The third kappa shape index (κ3) is 6.24. The number of nitrogens with zero attached hydrogens (tertiary/aromatic N) is 2. The lowest BCUT2D eigenvalue weighted by Crippen LogP contribution is -2.45. The summed E-state index contributed by atoms with van der Waals surface area (Å²) in [6.45, 7) is 11.3. The van der Waals surface area contributed by atoms with Crippen molar-refractivity contribution in [2.45, 2.75) is 34.1 Å². The molecular weight excluding hydrogens is 330 g/mol. The van der Waals surface area contributed by atoms with Gasteiger partial charge in [0, 0.05) is 32.7 Å². The van der Waals surface area contributed by atoms with Crippen LogP contribution in [0.25, 0.3) is 0 Å². The maximum atomic E-state index is 12.5. The van der Waals surface area contributed by atoms with E-state index < -0.39 is 0 Å². The lowest BCUT2D eigenvalue weighted by molar-refractivity contribution is -0.133. The van der Waals surface area contributed by atoms with Gasteiger partial charge in [-0.15, -0.1) is 0 Å². The number of carbonyl (C=O) groups excluding carboxylic acids is 2. The van der Waals surface area contributed by atoms with Crippen LogP contribution in [0.1, 0.15) is 32.8 Å². The molecule has 6 heteroatoms. The zero-order valence-electron chi connectivity index (χ0n) is 16.4. The molecule has 0 spiro atoms. The summed E-state index contributed by atoms with van der Waals surface area (Å²) in [5, 5.41) is 2.98. The molecule has 1 aromatic rings. The summed E-state index contributed by atoms with van der Waals surface area (Å²) in [5.74, 6) is 0.698. The standard InChI is InChI=1S/C20H31N3O3/c1-16-8-5-6-9-17(16)26-14-18(24)22-10-7-11-23(13-12-22)19(25)21-15-20(2,3)4/h5-6,8-9H,7,10-15H2,1-4H3,(H,21,25). The highest BCUT2D eigenvalue weighted by molar-refractivity contribution is 5.78. The molecule has 0 unspecified atom stereocenters. The summed E-state index contributed by atoms with van der Waals surface area (Å²) in [6, 6.07) is 7.61.